The van der Waals surface area contributed by atoms with E-state index in [-0.39, 0.29) is 5.78 Å². The van der Waals surface area contributed by atoms with Crippen LogP contribution in [0.5, 0.6) is 5.75 Å². The Morgan fingerprint density at radius 2 is 2.24 bits per heavy atom. The van der Waals surface area contributed by atoms with Crippen molar-refractivity contribution in [2.45, 2.75) is 26.3 Å². The molecule has 4 heteroatoms. The number of rotatable bonds is 7. The Kier molecular flexibility index (Phi) is 6.22. The third-order valence-corrected chi connectivity index (χ3v) is 2.93. The Labute approximate surface area is 111 Å². The average Bonchev–Trinajstić information content (AvgIpc) is 2.28. The van der Waals surface area contributed by atoms with E-state index in [1.807, 2.05) is 18.2 Å². The van der Waals surface area contributed by atoms with Crippen molar-refractivity contribution in [1.82, 2.24) is 5.32 Å². The van der Waals surface area contributed by atoms with Crippen molar-refractivity contribution in [3.8, 4) is 5.75 Å². The minimum absolute atomic E-state index is 0.242. The van der Waals surface area contributed by atoms with Gasteiger partial charge in [-0.1, -0.05) is 15.9 Å². The van der Waals surface area contributed by atoms with Gasteiger partial charge in [-0.05, 0) is 38.1 Å². The summed E-state index contributed by atoms with van der Waals surface area (Å²) in [5.41, 5.74) is 1.12. The first-order valence-electron chi connectivity index (χ1n) is 5.66. The Balaban J connectivity index is 2.40. The van der Waals surface area contributed by atoms with Crippen LogP contribution in [0.3, 0.4) is 0 Å². The Bertz CT molecular complexity index is 380. The molecule has 1 N–H and O–H groups in total. The summed E-state index contributed by atoms with van der Waals surface area (Å²) in [5.74, 6) is 1.12. The van der Waals surface area contributed by atoms with E-state index in [4.69, 9.17) is 4.74 Å². The first-order valence-corrected chi connectivity index (χ1v) is 6.45. The van der Waals surface area contributed by atoms with Crippen molar-refractivity contribution in [2.75, 3.05) is 13.7 Å². The lowest BCUT2D eigenvalue weighted by Crippen LogP contribution is -2.16. The van der Waals surface area contributed by atoms with Crippen LogP contribution in [0.2, 0.25) is 0 Å². The fraction of sp³-hybridized carbons (Fsp3) is 0.462. The zero-order valence-electron chi connectivity index (χ0n) is 10.3. The second-order valence-corrected chi connectivity index (χ2v) is 4.85. The van der Waals surface area contributed by atoms with Gasteiger partial charge in [0.2, 0.25) is 0 Å². The highest BCUT2D eigenvalue weighted by Gasteiger charge is 2.03. The number of hydrogen-bond donors (Lipinski definition) is 1. The third-order valence-electron chi connectivity index (χ3n) is 2.44. The maximum Gasteiger partial charge on any atom is 0.129 e. The van der Waals surface area contributed by atoms with Gasteiger partial charge in [-0.15, -0.1) is 0 Å². The van der Waals surface area contributed by atoms with Crippen molar-refractivity contribution in [1.29, 1.82) is 0 Å². The molecule has 0 unspecified atom stereocenters. The van der Waals surface area contributed by atoms with Crippen LogP contribution in [-0.2, 0) is 11.3 Å². The maximum atomic E-state index is 10.8. The Morgan fingerprint density at radius 1 is 1.47 bits per heavy atom. The first kappa shape index (κ1) is 14.2. The number of carbonyl (C=O) groups is 1. The summed E-state index contributed by atoms with van der Waals surface area (Å²) in [4.78, 5) is 10.8. The second-order valence-electron chi connectivity index (χ2n) is 3.94. The van der Waals surface area contributed by atoms with E-state index in [9.17, 15) is 4.79 Å². The molecule has 0 radical (unpaired) electrons. The second kappa shape index (κ2) is 7.45. The van der Waals surface area contributed by atoms with E-state index < -0.39 is 0 Å². The number of ether oxygens (including phenoxy) is 1. The first-order chi connectivity index (χ1) is 8.13. The molecule has 0 saturated carbocycles. The molecular weight excluding hydrogens is 282 g/mol. The third kappa shape index (κ3) is 5.33. The van der Waals surface area contributed by atoms with Gasteiger partial charge in [0.05, 0.1) is 7.11 Å². The molecule has 0 amide bonds. The smallest absolute Gasteiger partial charge is 0.129 e. The molecule has 0 spiro atoms. The number of hydrogen-bond acceptors (Lipinski definition) is 3. The van der Waals surface area contributed by atoms with Crippen molar-refractivity contribution < 1.29 is 9.53 Å². The van der Waals surface area contributed by atoms with Crippen LogP contribution in [0.4, 0.5) is 0 Å². The summed E-state index contributed by atoms with van der Waals surface area (Å²) in [6.45, 7) is 3.22. The van der Waals surface area contributed by atoms with Gasteiger partial charge in [-0.2, -0.15) is 0 Å². The molecule has 0 aliphatic rings. The minimum atomic E-state index is 0.242. The van der Waals surface area contributed by atoms with Crippen LogP contribution in [-0.4, -0.2) is 19.4 Å². The molecule has 0 aliphatic heterocycles. The zero-order valence-corrected chi connectivity index (χ0v) is 11.8. The predicted molar refractivity (Wildman–Crippen MR) is 72.3 cm³/mol. The lowest BCUT2D eigenvalue weighted by molar-refractivity contribution is -0.117. The number of nitrogens with one attached hydrogen (secondary N) is 1. The monoisotopic (exact) mass is 299 g/mol. The number of ketones is 1. The number of methoxy groups -OCH3 is 1. The quantitative estimate of drug-likeness (QED) is 0.787. The summed E-state index contributed by atoms with van der Waals surface area (Å²) in [7, 11) is 1.67. The molecular formula is C13H18BrNO2. The van der Waals surface area contributed by atoms with Crippen molar-refractivity contribution in [2.24, 2.45) is 0 Å². The van der Waals surface area contributed by atoms with Gasteiger partial charge in [0, 0.05) is 23.0 Å². The molecule has 17 heavy (non-hydrogen) atoms. The average molecular weight is 300 g/mol. The highest BCUT2D eigenvalue weighted by molar-refractivity contribution is 9.10. The van der Waals surface area contributed by atoms with E-state index in [0.717, 1.165) is 35.3 Å². The highest BCUT2D eigenvalue weighted by atomic mass is 79.9. The van der Waals surface area contributed by atoms with Crippen LogP contribution in [0.1, 0.15) is 25.3 Å². The molecule has 0 atom stereocenters. The van der Waals surface area contributed by atoms with Crippen LogP contribution in [0, 0.1) is 0 Å². The summed E-state index contributed by atoms with van der Waals surface area (Å²) in [6, 6.07) is 5.94. The van der Waals surface area contributed by atoms with Crippen LogP contribution in [0.25, 0.3) is 0 Å². The molecule has 0 aliphatic carbocycles. The number of Topliss-reactive ketones (excluding diaryl/α,β-unsaturated/α-hetero) is 1. The Morgan fingerprint density at radius 3 is 2.88 bits per heavy atom. The summed E-state index contributed by atoms with van der Waals surface area (Å²) in [6.07, 6.45) is 1.52. The van der Waals surface area contributed by atoms with E-state index in [1.54, 1.807) is 14.0 Å². The predicted octanol–water partition coefficient (Wildman–Crippen LogP) is 2.92. The maximum absolute atomic E-state index is 10.8. The molecule has 3 nitrogen and oxygen atoms in total. The number of halogens is 1. The topological polar surface area (TPSA) is 38.3 Å². The summed E-state index contributed by atoms with van der Waals surface area (Å²) < 4.78 is 6.32. The van der Waals surface area contributed by atoms with Gasteiger partial charge in [0.25, 0.3) is 0 Å². The van der Waals surface area contributed by atoms with Crippen molar-refractivity contribution in [3.05, 3.63) is 28.2 Å². The highest BCUT2D eigenvalue weighted by Crippen LogP contribution is 2.22. The molecule has 0 saturated heterocycles. The summed E-state index contributed by atoms with van der Waals surface area (Å²) in [5, 5.41) is 3.31. The van der Waals surface area contributed by atoms with E-state index in [2.05, 4.69) is 21.2 Å². The van der Waals surface area contributed by atoms with Gasteiger partial charge in [-0.25, -0.2) is 0 Å². The molecule has 0 fully saturated rings. The fourth-order valence-electron chi connectivity index (χ4n) is 1.57. The van der Waals surface area contributed by atoms with E-state index in [0.29, 0.717) is 6.42 Å². The van der Waals surface area contributed by atoms with Crippen molar-refractivity contribution >= 4 is 21.7 Å². The molecule has 1 rings (SSSR count). The van der Waals surface area contributed by atoms with E-state index in [1.165, 1.54) is 0 Å². The summed E-state index contributed by atoms with van der Waals surface area (Å²) >= 11 is 3.44. The molecule has 0 heterocycles. The standard InChI is InChI=1S/C13H18BrNO2/c1-10(16)4-3-7-15-9-11-8-12(14)5-6-13(11)17-2/h5-6,8,15H,3-4,7,9H2,1-2H3. The van der Waals surface area contributed by atoms with Gasteiger partial charge < -0.3 is 14.8 Å². The van der Waals surface area contributed by atoms with Crippen molar-refractivity contribution in [3.63, 3.8) is 0 Å². The van der Waals surface area contributed by atoms with Crippen LogP contribution >= 0.6 is 15.9 Å². The van der Waals surface area contributed by atoms with Gasteiger partial charge in [-0.3, -0.25) is 0 Å². The number of benzene rings is 1. The molecule has 1 aromatic rings. The van der Waals surface area contributed by atoms with Crippen LogP contribution in [0.15, 0.2) is 22.7 Å². The lowest BCUT2D eigenvalue weighted by Gasteiger charge is -2.10. The Hall–Kier alpha value is -0.870. The largest absolute Gasteiger partial charge is 0.496 e. The van der Waals surface area contributed by atoms with Gasteiger partial charge in [0.15, 0.2) is 0 Å². The van der Waals surface area contributed by atoms with Gasteiger partial charge in [0.1, 0.15) is 11.5 Å². The molecule has 0 aromatic heterocycles. The SMILES string of the molecule is COc1ccc(Br)cc1CNCCCC(C)=O. The normalized spacial score (nSPS) is 10.3. The van der Waals surface area contributed by atoms with Gasteiger partial charge >= 0.3 is 0 Å². The van der Waals surface area contributed by atoms with Crippen LogP contribution < -0.4 is 10.1 Å². The minimum Gasteiger partial charge on any atom is -0.496 e. The lowest BCUT2D eigenvalue weighted by atomic mass is 10.2. The zero-order chi connectivity index (χ0) is 12.7. The molecule has 0 bridgehead atoms. The van der Waals surface area contributed by atoms with E-state index >= 15 is 0 Å². The molecule has 94 valence electrons. The fourth-order valence-corrected chi connectivity index (χ4v) is 1.98. The molecule has 1 aromatic carbocycles. The number of carbonyl (C=O) groups excluding carboxylic acids is 1.